The van der Waals surface area contributed by atoms with E-state index >= 15 is 0 Å². The molecule has 2 aromatic carbocycles. The quantitative estimate of drug-likeness (QED) is 0.657. The minimum absolute atomic E-state index is 0.0671. The maximum absolute atomic E-state index is 13.2. The maximum atomic E-state index is 13.2. The second-order valence-corrected chi connectivity index (χ2v) is 8.64. The molecule has 7 nitrogen and oxygen atoms in total. The molecule has 0 radical (unpaired) electrons. The number of aromatic nitrogens is 4. The number of benzene rings is 2. The normalized spacial score (nSPS) is 18.2. The number of rotatable bonds is 5. The first kappa shape index (κ1) is 18.7. The van der Waals surface area contributed by atoms with Crippen molar-refractivity contribution in [3.8, 4) is 0 Å². The number of hydrogen-bond donors (Lipinski definition) is 0. The average Bonchev–Trinajstić information content (AvgIpc) is 3.17. The monoisotopic (exact) mass is 401 g/mol. The van der Waals surface area contributed by atoms with Gasteiger partial charge in [0, 0.05) is 6.54 Å². The Balaban J connectivity index is 1.60. The largest absolute Gasteiger partial charge is 0.243 e. The Bertz CT molecular complexity index is 1040. The highest BCUT2D eigenvalue weighted by Crippen LogP contribution is 2.33. The van der Waals surface area contributed by atoms with E-state index in [9.17, 15) is 12.8 Å². The van der Waals surface area contributed by atoms with Crippen molar-refractivity contribution in [2.75, 3.05) is 6.54 Å². The lowest BCUT2D eigenvalue weighted by atomic mass is 10.0. The summed E-state index contributed by atoms with van der Waals surface area (Å²) in [4.78, 5) is 1.54. The van der Waals surface area contributed by atoms with Gasteiger partial charge in [0.25, 0.3) is 0 Å². The van der Waals surface area contributed by atoms with E-state index in [1.807, 2.05) is 30.3 Å². The Kier molecular flexibility index (Phi) is 5.19. The van der Waals surface area contributed by atoms with E-state index in [0.29, 0.717) is 25.3 Å². The zero-order valence-corrected chi connectivity index (χ0v) is 16.0. The summed E-state index contributed by atoms with van der Waals surface area (Å²) in [6, 6.07) is 14.1. The van der Waals surface area contributed by atoms with Crippen LogP contribution >= 0.6 is 0 Å². The van der Waals surface area contributed by atoms with Gasteiger partial charge >= 0.3 is 0 Å². The molecule has 0 saturated carbocycles. The van der Waals surface area contributed by atoms with Crippen LogP contribution in [0.4, 0.5) is 4.39 Å². The van der Waals surface area contributed by atoms with E-state index < -0.39 is 21.9 Å². The lowest BCUT2D eigenvalue weighted by Crippen LogP contribution is -2.39. The SMILES string of the molecule is O=S(=O)(c1ccc(F)cc1)N1CCCC[C@H]1c1nnn(Cc2ccccc2)n1. The van der Waals surface area contributed by atoms with Crippen LogP contribution in [0.25, 0.3) is 0 Å². The van der Waals surface area contributed by atoms with Crippen LogP contribution in [-0.4, -0.2) is 39.5 Å². The van der Waals surface area contributed by atoms with E-state index in [-0.39, 0.29) is 4.90 Å². The standard InChI is InChI=1S/C19H20FN5O2S/c20-16-9-11-17(12-10-16)28(26,27)24-13-5-4-8-18(24)19-21-23-25(22-19)14-15-6-2-1-3-7-15/h1-3,6-7,9-12,18H,4-5,8,13-14H2/t18-/m0/s1. The first-order chi connectivity index (χ1) is 13.5. The molecule has 0 aliphatic carbocycles. The maximum Gasteiger partial charge on any atom is 0.243 e. The molecule has 0 amide bonds. The molecule has 2 heterocycles. The van der Waals surface area contributed by atoms with Gasteiger partial charge in [-0.25, -0.2) is 12.8 Å². The Labute approximate surface area is 162 Å². The fraction of sp³-hybridized carbons (Fsp3) is 0.316. The predicted molar refractivity (Wildman–Crippen MR) is 100 cm³/mol. The predicted octanol–water partition coefficient (Wildman–Crippen LogP) is 2.78. The van der Waals surface area contributed by atoms with Crippen molar-refractivity contribution in [3.63, 3.8) is 0 Å². The number of sulfonamides is 1. The Morgan fingerprint density at radius 3 is 2.54 bits per heavy atom. The second-order valence-electron chi connectivity index (χ2n) is 6.74. The lowest BCUT2D eigenvalue weighted by Gasteiger charge is -2.32. The summed E-state index contributed by atoms with van der Waals surface area (Å²) in [7, 11) is -3.78. The fourth-order valence-corrected chi connectivity index (χ4v) is 5.05. The van der Waals surface area contributed by atoms with E-state index in [4.69, 9.17) is 0 Å². The first-order valence-electron chi connectivity index (χ1n) is 9.13. The molecule has 1 aliphatic rings. The molecule has 3 aromatic rings. The highest BCUT2D eigenvalue weighted by molar-refractivity contribution is 7.89. The molecular weight excluding hydrogens is 381 g/mol. The van der Waals surface area contributed by atoms with Crippen molar-refractivity contribution in [1.82, 2.24) is 24.5 Å². The molecule has 1 saturated heterocycles. The Hall–Kier alpha value is -2.65. The summed E-state index contributed by atoms with van der Waals surface area (Å²) in [5, 5.41) is 12.6. The van der Waals surface area contributed by atoms with Crippen LogP contribution in [0.15, 0.2) is 59.5 Å². The van der Waals surface area contributed by atoms with Gasteiger partial charge in [-0.1, -0.05) is 36.8 Å². The van der Waals surface area contributed by atoms with E-state index in [2.05, 4.69) is 15.4 Å². The summed E-state index contributed by atoms with van der Waals surface area (Å²) in [5.41, 5.74) is 1.03. The van der Waals surface area contributed by atoms with E-state index in [0.717, 1.165) is 30.5 Å². The van der Waals surface area contributed by atoms with Crippen LogP contribution in [0.3, 0.4) is 0 Å². The number of halogens is 1. The highest BCUT2D eigenvalue weighted by atomic mass is 32.2. The molecule has 1 aromatic heterocycles. The first-order valence-corrected chi connectivity index (χ1v) is 10.6. The zero-order valence-electron chi connectivity index (χ0n) is 15.1. The van der Waals surface area contributed by atoms with Gasteiger partial charge in [0.2, 0.25) is 10.0 Å². The summed E-state index contributed by atoms with van der Waals surface area (Å²) >= 11 is 0. The van der Waals surface area contributed by atoms with Crippen molar-refractivity contribution in [1.29, 1.82) is 0 Å². The van der Waals surface area contributed by atoms with Crippen molar-refractivity contribution in [2.45, 2.75) is 36.7 Å². The number of tetrazole rings is 1. The number of nitrogens with zero attached hydrogens (tertiary/aromatic N) is 5. The summed E-state index contributed by atoms with van der Waals surface area (Å²) < 4.78 is 40.8. The van der Waals surface area contributed by atoms with Crippen LogP contribution in [0.2, 0.25) is 0 Å². The van der Waals surface area contributed by atoms with Gasteiger partial charge in [0.15, 0.2) is 5.82 Å². The molecule has 28 heavy (non-hydrogen) atoms. The molecule has 4 rings (SSSR count). The van der Waals surface area contributed by atoms with Crippen LogP contribution in [-0.2, 0) is 16.6 Å². The molecule has 1 atom stereocenters. The highest BCUT2D eigenvalue weighted by Gasteiger charge is 2.36. The molecule has 1 aliphatic heterocycles. The van der Waals surface area contributed by atoms with Crippen molar-refractivity contribution < 1.29 is 12.8 Å². The zero-order chi connectivity index (χ0) is 19.6. The van der Waals surface area contributed by atoms with Crippen LogP contribution in [0.1, 0.15) is 36.7 Å². The molecule has 0 spiro atoms. The molecule has 0 unspecified atom stereocenters. The van der Waals surface area contributed by atoms with Gasteiger partial charge in [0.1, 0.15) is 5.82 Å². The van der Waals surface area contributed by atoms with Gasteiger partial charge in [-0.05, 0) is 47.9 Å². The topological polar surface area (TPSA) is 81.0 Å². The lowest BCUT2D eigenvalue weighted by molar-refractivity contribution is 0.246. The van der Waals surface area contributed by atoms with Crippen LogP contribution in [0.5, 0.6) is 0 Å². The van der Waals surface area contributed by atoms with Gasteiger partial charge in [-0.2, -0.15) is 9.10 Å². The average molecular weight is 401 g/mol. The third-order valence-corrected chi connectivity index (χ3v) is 6.73. The third-order valence-electron chi connectivity index (χ3n) is 4.81. The van der Waals surface area contributed by atoms with Crippen molar-refractivity contribution in [3.05, 3.63) is 71.8 Å². The van der Waals surface area contributed by atoms with Crippen molar-refractivity contribution in [2.24, 2.45) is 0 Å². The smallest absolute Gasteiger partial charge is 0.207 e. The summed E-state index contributed by atoms with van der Waals surface area (Å²) in [6.45, 7) is 0.836. The summed E-state index contributed by atoms with van der Waals surface area (Å²) in [5.74, 6) is -0.0824. The second kappa shape index (κ2) is 7.76. The summed E-state index contributed by atoms with van der Waals surface area (Å²) in [6.07, 6.45) is 2.26. The molecule has 1 fully saturated rings. The Morgan fingerprint density at radius 2 is 1.79 bits per heavy atom. The van der Waals surface area contributed by atoms with Gasteiger partial charge in [-0.3, -0.25) is 0 Å². The van der Waals surface area contributed by atoms with E-state index in [1.54, 1.807) is 0 Å². The molecular formula is C19H20FN5O2S. The van der Waals surface area contributed by atoms with Crippen LogP contribution in [0, 0.1) is 5.82 Å². The van der Waals surface area contributed by atoms with E-state index in [1.165, 1.54) is 21.2 Å². The van der Waals surface area contributed by atoms with Gasteiger partial charge in [-0.15, -0.1) is 10.2 Å². The Morgan fingerprint density at radius 1 is 1.04 bits per heavy atom. The van der Waals surface area contributed by atoms with Gasteiger partial charge in [0.05, 0.1) is 17.5 Å². The van der Waals surface area contributed by atoms with Crippen LogP contribution < -0.4 is 0 Å². The fourth-order valence-electron chi connectivity index (χ4n) is 3.40. The minimum Gasteiger partial charge on any atom is -0.207 e. The number of hydrogen-bond acceptors (Lipinski definition) is 5. The minimum atomic E-state index is -3.78. The number of piperidine rings is 1. The molecule has 0 N–H and O–H groups in total. The van der Waals surface area contributed by atoms with Gasteiger partial charge < -0.3 is 0 Å². The third kappa shape index (κ3) is 3.81. The molecule has 146 valence electrons. The molecule has 9 heteroatoms. The van der Waals surface area contributed by atoms with Crippen molar-refractivity contribution >= 4 is 10.0 Å². The molecule has 0 bridgehead atoms.